The number of rotatable bonds is 7. The van der Waals surface area contributed by atoms with Gasteiger partial charge in [-0.05, 0) is 48.4 Å². The zero-order valence-corrected chi connectivity index (χ0v) is 23.7. The smallest absolute Gasteiger partial charge is 0.407 e. The van der Waals surface area contributed by atoms with Crippen LogP contribution in [-0.4, -0.2) is 56.7 Å². The molecule has 0 atom stereocenters. The lowest BCUT2D eigenvalue weighted by Crippen LogP contribution is -2.37. The van der Waals surface area contributed by atoms with Crippen LogP contribution in [0.2, 0.25) is 30.7 Å². The van der Waals surface area contributed by atoms with E-state index in [-0.39, 0.29) is 12.1 Å². The van der Waals surface area contributed by atoms with E-state index in [1.54, 1.807) is 16.9 Å². The highest BCUT2D eigenvalue weighted by Gasteiger charge is 2.30. The SMILES string of the molecule is Cc1cn(COCC[Si](C)(C)C)c2nccc(-c3c(-c4cc(Cl)ccc4F)nn4c3CN(C(=O)O)CC4)c12. The summed E-state index contributed by atoms with van der Waals surface area (Å²) in [6.07, 6.45) is 2.72. The second-order valence-corrected chi connectivity index (χ2v) is 17.0. The maximum Gasteiger partial charge on any atom is 0.407 e. The molecule has 1 aliphatic heterocycles. The van der Waals surface area contributed by atoms with E-state index in [1.165, 1.54) is 17.0 Å². The van der Waals surface area contributed by atoms with E-state index >= 15 is 4.39 Å². The van der Waals surface area contributed by atoms with Crippen molar-refractivity contribution in [3.05, 3.63) is 58.8 Å². The van der Waals surface area contributed by atoms with Gasteiger partial charge >= 0.3 is 6.09 Å². The highest BCUT2D eigenvalue weighted by Crippen LogP contribution is 2.42. The number of carboxylic acid groups (broad SMARTS) is 1. The van der Waals surface area contributed by atoms with Gasteiger partial charge in [-0.25, -0.2) is 14.2 Å². The van der Waals surface area contributed by atoms with Crippen molar-refractivity contribution >= 4 is 36.8 Å². The predicted octanol–water partition coefficient (Wildman–Crippen LogP) is 6.47. The average Bonchev–Trinajstić information content (AvgIpc) is 3.40. The number of pyridine rings is 1. The molecule has 0 unspecified atom stereocenters. The van der Waals surface area contributed by atoms with E-state index < -0.39 is 20.0 Å². The van der Waals surface area contributed by atoms with Crippen LogP contribution in [0.15, 0.2) is 36.7 Å². The van der Waals surface area contributed by atoms with Crippen LogP contribution in [0, 0.1) is 12.7 Å². The van der Waals surface area contributed by atoms with Crippen LogP contribution in [0.25, 0.3) is 33.4 Å². The first-order valence-electron chi connectivity index (χ1n) is 12.6. The van der Waals surface area contributed by atoms with Crippen LogP contribution in [-0.2, 0) is 24.6 Å². The molecule has 8 nitrogen and oxygen atoms in total. The van der Waals surface area contributed by atoms with E-state index in [0.29, 0.717) is 48.4 Å². The summed E-state index contributed by atoms with van der Waals surface area (Å²) in [5.41, 5.74) is 4.64. The minimum Gasteiger partial charge on any atom is -0.465 e. The molecule has 1 amide bonds. The number of hydrogen-bond acceptors (Lipinski definition) is 4. The Morgan fingerprint density at radius 2 is 2.00 bits per heavy atom. The summed E-state index contributed by atoms with van der Waals surface area (Å²) in [5.74, 6) is -0.448. The second-order valence-electron chi connectivity index (χ2n) is 10.9. The van der Waals surface area contributed by atoms with Crippen molar-refractivity contribution in [1.29, 1.82) is 0 Å². The number of amides is 1. The van der Waals surface area contributed by atoms with Crippen LogP contribution >= 0.6 is 11.6 Å². The molecule has 38 heavy (non-hydrogen) atoms. The lowest BCUT2D eigenvalue weighted by molar-refractivity contribution is 0.0898. The summed E-state index contributed by atoms with van der Waals surface area (Å²) in [7, 11) is -1.21. The first kappa shape index (κ1) is 26.4. The standard InChI is InChI=1S/C27H31ClFN5O3Si/c1-17-14-33(16-37-11-12-38(2,3)4)26-23(17)19(7-8-30-26)24-22-15-32(27(35)36)9-10-34(22)31-25(24)20-13-18(28)5-6-21(20)29/h5-8,13-14H,9-12,15-16H2,1-4H3,(H,35,36). The summed E-state index contributed by atoms with van der Waals surface area (Å²) in [5, 5.41) is 15.8. The summed E-state index contributed by atoms with van der Waals surface area (Å²) in [6, 6.07) is 7.34. The van der Waals surface area contributed by atoms with Gasteiger partial charge in [0, 0.05) is 55.2 Å². The maximum atomic E-state index is 15.1. The fraction of sp³-hybridized carbons (Fsp3) is 0.370. The Morgan fingerprint density at radius 3 is 2.74 bits per heavy atom. The van der Waals surface area contributed by atoms with Gasteiger partial charge in [-0.15, -0.1) is 0 Å². The molecular formula is C27H31ClFN5O3Si. The number of halogens is 2. The normalized spacial score (nSPS) is 13.8. The Labute approximate surface area is 226 Å². The molecule has 4 heterocycles. The molecule has 3 aromatic heterocycles. The Bertz CT molecular complexity index is 1530. The summed E-state index contributed by atoms with van der Waals surface area (Å²) in [6.45, 7) is 10.8. The Morgan fingerprint density at radius 1 is 1.21 bits per heavy atom. The fourth-order valence-corrected chi connectivity index (χ4v) is 5.83. The molecule has 0 radical (unpaired) electrons. The van der Waals surface area contributed by atoms with E-state index in [9.17, 15) is 9.90 Å². The second kappa shape index (κ2) is 10.2. The summed E-state index contributed by atoms with van der Waals surface area (Å²) in [4.78, 5) is 17.8. The molecule has 0 bridgehead atoms. The summed E-state index contributed by atoms with van der Waals surface area (Å²) >= 11 is 6.26. The van der Waals surface area contributed by atoms with E-state index in [1.807, 2.05) is 23.8 Å². The molecule has 0 spiro atoms. The highest BCUT2D eigenvalue weighted by molar-refractivity contribution is 6.76. The first-order chi connectivity index (χ1) is 18.0. The number of benzene rings is 1. The number of ether oxygens (including phenoxy) is 1. The largest absolute Gasteiger partial charge is 0.465 e. The Balaban J connectivity index is 1.65. The van der Waals surface area contributed by atoms with Crippen LogP contribution < -0.4 is 0 Å². The van der Waals surface area contributed by atoms with Gasteiger partial charge in [-0.2, -0.15) is 5.10 Å². The van der Waals surface area contributed by atoms with Gasteiger partial charge in [-0.3, -0.25) is 4.68 Å². The molecule has 0 fully saturated rings. The van der Waals surface area contributed by atoms with Gasteiger partial charge < -0.3 is 19.3 Å². The van der Waals surface area contributed by atoms with Gasteiger partial charge in [0.2, 0.25) is 0 Å². The van der Waals surface area contributed by atoms with Gasteiger partial charge in [0.05, 0.1) is 18.8 Å². The molecule has 0 saturated carbocycles. The molecular weight excluding hydrogens is 525 g/mol. The van der Waals surface area contributed by atoms with Gasteiger partial charge in [-0.1, -0.05) is 31.2 Å². The third-order valence-electron chi connectivity index (χ3n) is 6.88. The van der Waals surface area contributed by atoms with Crippen molar-refractivity contribution in [2.45, 2.75) is 52.4 Å². The van der Waals surface area contributed by atoms with Gasteiger partial charge in [0.25, 0.3) is 0 Å². The Hall–Kier alpha value is -3.21. The van der Waals surface area contributed by atoms with Crippen molar-refractivity contribution < 1.29 is 19.0 Å². The van der Waals surface area contributed by atoms with E-state index in [4.69, 9.17) is 21.4 Å². The molecule has 0 saturated heterocycles. The van der Waals surface area contributed by atoms with Crippen molar-refractivity contribution in [2.75, 3.05) is 13.2 Å². The minimum atomic E-state index is -1.21. The third kappa shape index (κ3) is 5.08. The predicted molar refractivity (Wildman–Crippen MR) is 149 cm³/mol. The molecule has 0 aliphatic carbocycles. The fourth-order valence-electron chi connectivity index (χ4n) is 4.90. The van der Waals surface area contributed by atoms with Crippen LogP contribution in [0.4, 0.5) is 9.18 Å². The average molecular weight is 556 g/mol. The lowest BCUT2D eigenvalue weighted by atomic mass is 9.95. The number of carbonyl (C=O) groups is 1. The monoisotopic (exact) mass is 555 g/mol. The minimum absolute atomic E-state index is 0.142. The first-order valence-corrected chi connectivity index (χ1v) is 16.7. The third-order valence-corrected chi connectivity index (χ3v) is 8.82. The molecule has 11 heteroatoms. The number of fused-ring (bicyclic) bond motifs is 2. The number of hydrogen-bond donors (Lipinski definition) is 1. The van der Waals surface area contributed by atoms with Crippen molar-refractivity contribution in [2.24, 2.45) is 0 Å². The molecule has 1 aromatic carbocycles. The number of aromatic nitrogens is 4. The number of aryl methyl sites for hydroxylation is 1. The van der Waals surface area contributed by atoms with E-state index in [0.717, 1.165) is 28.2 Å². The Kier molecular flexibility index (Phi) is 7.06. The quantitative estimate of drug-likeness (QED) is 0.208. The molecule has 1 aliphatic rings. The molecule has 1 N–H and O–H groups in total. The highest BCUT2D eigenvalue weighted by atomic mass is 35.5. The zero-order chi connectivity index (χ0) is 27.2. The van der Waals surface area contributed by atoms with Crippen LogP contribution in [0.3, 0.4) is 0 Å². The summed E-state index contributed by atoms with van der Waals surface area (Å²) < 4.78 is 24.9. The van der Waals surface area contributed by atoms with E-state index in [2.05, 4.69) is 24.6 Å². The van der Waals surface area contributed by atoms with Gasteiger partial charge in [0.15, 0.2) is 0 Å². The topological polar surface area (TPSA) is 85.4 Å². The van der Waals surface area contributed by atoms with Crippen LogP contribution in [0.5, 0.6) is 0 Å². The van der Waals surface area contributed by atoms with Crippen molar-refractivity contribution in [1.82, 2.24) is 24.2 Å². The maximum absolute atomic E-state index is 15.1. The van der Waals surface area contributed by atoms with Crippen molar-refractivity contribution in [3.8, 4) is 22.4 Å². The molecule has 4 aromatic rings. The molecule has 5 rings (SSSR count). The lowest BCUT2D eigenvalue weighted by Gasteiger charge is -2.26. The number of nitrogens with zero attached hydrogens (tertiary/aromatic N) is 5. The van der Waals surface area contributed by atoms with Gasteiger partial charge in [0.1, 0.15) is 23.9 Å². The zero-order valence-electron chi connectivity index (χ0n) is 22.0. The van der Waals surface area contributed by atoms with Crippen molar-refractivity contribution in [3.63, 3.8) is 0 Å². The molecule has 200 valence electrons. The van der Waals surface area contributed by atoms with Crippen LogP contribution in [0.1, 0.15) is 11.3 Å².